The molecule has 5 heteroatoms. The Kier molecular flexibility index (Phi) is 6.83. The van der Waals surface area contributed by atoms with Gasteiger partial charge in [0.25, 0.3) is 0 Å². The second-order valence-corrected chi connectivity index (χ2v) is 11.0. The average Bonchev–Trinajstić information content (AvgIpc) is 2.15. The molecule has 0 saturated carbocycles. The fourth-order valence-corrected chi connectivity index (χ4v) is 1.82. The number of alkyl halides is 1. The van der Waals surface area contributed by atoms with Gasteiger partial charge in [0.15, 0.2) is 0 Å². The average molecular weight is 248 g/mol. The van der Waals surface area contributed by atoms with E-state index in [4.69, 9.17) is 4.74 Å². The molecule has 0 heterocycles. The van der Waals surface area contributed by atoms with Crippen molar-refractivity contribution in [3.8, 4) is 0 Å². The minimum absolute atomic E-state index is 0.288. The number of ether oxygens (including phenoxy) is 1. The summed E-state index contributed by atoms with van der Waals surface area (Å²) in [5.41, 5.74) is 0. The molecule has 0 aliphatic rings. The minimum atomic E-state index is -1.05. The molecule has 0 radical (unpaired) electrons. The first-order valence-corrected chi connectivity index (χ1v) is 9.43. The van der Waals surface area contributed by atoms with Gasteiger partial charge < -0.3 is 4.74 Å². The van der Waals surface area contributed by atoms with Crippen LogP contribution in [0.25, 0.3) is 0 Å². The summed E-state index contributed by atoms with van der Waals surface area (Å²) in [6.07, 6.45) is -0.939. The molecular formula is C11H25FN2OSi. The van der Waals surface area contributed by atoms with Gasteiger partial charge in [0.1, 0.15) is 12.9 Å². The molecule has 0 aliphatic heterocycles. The molecule has 0 rings (SSSR count). The molecule has 3 nitrogen and oxygen atoms in total. The van der Waals surface area contributed by atoms with Crippen LogP contribution >= 0.6 is 0 Å². The lowest BCUT2D eigenvalue weighted by Gasteiger charge is -2.27. The highest BCUT2D eigenvalue weighted by atomic mass is 28.3. The van der Waals surface area contributed by atoms with Crippen LogP contribution in [0.1, 0.15) is 13.8 Å². The number of hydrazone groups is 1. The van der Waals surface area contributed by atoms with E-state index in [1.807, 2.05) is 0 Å². The van der Waals surface area contributed by atoms with Gasteiger partial charge in [0.05, 0.1) is 6.04 Å². The molecule has 0 spiro atoms. The fourth-order valence-electron chi connectivity index (χ4n) is 1.06. The molecule has 1 unspecified atom stereocenters. The van der Waals surface area contributed by atoms with E-state index in [1.54, 1.807) is 11.9 Å². The van der Waals surface area contributed by atoms with Gasteiger partial charge in [-0.25, -0.2) is 4.39 Å². The van der Waals surface area contributed by atoms with Crippen LogP contribution in [0.3, 0.4) is 0 Å². The quantitative estimate of drug-likeness (QED) is 0.217. The van der Waals surface area contributed by atoms with Crippen molar-refractivity contribution in [3.05, 3.63) is 0 Å². The molecule has 0 aromatic rings. The maximum atomic E-state index is 13.1. The third-order valence-electron chi connectivity index (χ3n) is 2.54. The number of halogens is 1. The Labute approximate surface area is 99.7 Å². The Morgan fingerprint density at radius 1 is 1.38 bits per heavy atom. The third-order valence-corrected chi connectivity index (χ3v) is 4.24. The van der Waals surface area contributed by atoms with Gasteiger partial charge in [-0.3, -0.25) is 5.01 Å². The van der Waals surface area contributed by atoms with E-state index in [0.717, 1.165) is 12.7 Å². The van der Waals surface area contributed by atoms with Gasteiger partial charge in [-0.15, -0.1) is 0 Å². The van der Waals surface area contributed by atoms with E-state index in [0.29, 0.717) is 6.73 Å². The molecule has 0 aromatic carbocycles. The summed E-state index contributed by atoms with van der Waals surface area (Å²) in [6.45, 7) is 14.7. The zero-order chi connectivity index (χ0) is 12.8. The molecule has 96 valence electrons. The van der Waals surface area contributed by atoms with E-state index in [-0.39, 0.29) is 6.04 Å². The van der Waals surface area contributed by atoms with Crippen LogP contribution in [0.5, 0.6) is 0 Å². The summed E-state index contributed by atoms with van der Waals surface area (Å²) in [7, 11) is -1.05. The van der Waals surface area contributed by atoms with Crippen LogP contribution in [-0.4, -0.2) is 45.4 Å². The standard InChI is InChI=1S/C11H25FN2OSi/c1-10(12)11(2)14(13-3)9-15-7-8-16(4,5)6/h10-11H,3,7-9H2,1-2,4-6H3/t10-,11?/m1/s1. The molecule has 0 fully saturated rings. The van der Waals surface area contributed by atoms with Crippen molar-refractivity contribution in [2.75, 3.05) is 13.3 Å². The van der Waals surface area contributed by atoms with Crippen molar-refractivity contribution in [1.29, 1.82) is 0 Å². The van der Waals surface area contributed by atoms with Crippen LogP contribution in [0.2, 0.25) is 25.7 Å². The summed E-state index contributed by atoms with van der Waals surface area (Å²) < 4.78 is 18.5. The summed E-state index contributed by atoms with van der Waals surface area (Å²) in [5.74, 6) is 0. The topological polar surface area (TPSA) is 24.8 Å². The number of nitrogens with zero attached hydrogens (tertiary/aromatic N) is 2. The van der Waals surface area contributed by atoms with Crippen LogP contribution in [0, 0.1) is 0 Å². The van der Waals surface area contributed by atoms with Gasteiger partial charge in [-0.2, -0.15) is 5.10 Å². The minimum Gasteiger partial charge on any atom is -0.360 e. The highest BCUT2D eigenvalue weighted by molar-refractivity contribution is 6.76. The first kappa shape index (κ1) is 15.6. The Hall–Kier alpha value is -0.423. The van der Waals surface area contributed by atoms with E-state index in [2.05, 4.69) is 31.5 Å². The molecule has 0 saturated heterocycles. The maximum absolute atomic E-state index is 13.1. The SMILES string of the molecule is C=NN(COCC[Si](C)(C)C)C(C)[C@@H](C)F. The van der Waals surface area contributed by atoms with Crippen LogP contribution < -0.4 is 0 Å². The molecule has 16 heavy (non-hydrogen) atoms. The summed E-state index contributed by atoms with van der Waals surface area (Å²) in [5, 5.41) is 5.32. The molecule has 0 amide bonds. The second-order valence-electron chi connectivity index (χ2n) is 5.35. The summed E-state index contributed by atoms with van der Waals surface area (Å²) >= 11 is 0. The first-order valence-electron chi connectivity index (χ1n) is 5.73. The summed E-state index contributed by atoms with van der Waals surface area (Å²) in [6, 6.07) is 0.821. The summed E-state index contributed by atoms with van der Waals surface area (Å²) in [4.78, 5) is 0. The third kappa shape index (κ3) is 6.95. The smallest absolute Gasteiger partial charge is 0.135 e. The molecule has 0 aliphatic carbocycles. The molecule has 0 N–H and O–H groups in total. The lowest BCUT2D eigenvalue weighted by atomic mass is 10.2. The van der Waals surface area contributed by atoms with Crippen LogP contribution in [0.4, 0.5) is 4.39 Å². The normalized spacial score (nSPS) is 15.6. The van der Waals surface area contributed by atoms with Gasteiger partial charge in [0.2, 0.25) is 0 Å². The Balaban J connectivity index is 3.84. The Morgan fingerprint density at radius 3 is 2.31 bits per heavy atom. The molecule has 2 atom stereocenters. The molecule has 0 aromatic heterocycles. The van der Waals surface area contributed by atoms with Crippen molar-refractivity contribution in [3.63, 3.8) is 0 Å². The van der Waals surface area contributed by atoms with Gasteiger partial charge in [0, 0.05) is 21.4 Å². The van der Waals surface area contributed by atoms with Gasteiger partial charge >= 0.3 is 0 Å². The van der Waals surface area contributed by atoms with Gasteiger partial charge in [-0.1, -0.05) is 19.6 Å². The van der Waals surface area contributed by atoms with Crippen molar-refractivity contribution in [1.82, 2.24) is 5.01 Å². The maximum Gasteiger partial charge on any atom is 0.135 e. The number of hydrogen-bond acceptors (Lipinski definition) is 3. The second kappa shape index (κ2) is 7.01. The van der Waals surface area contributed by atoms with E-state index in [1.165, 1.54) is 6.92 Å². The number of rotatable bonds is 8. The van der Waals surface area contributed by atoms with E-state index >= 15 is 0 Å². The lowest BCUT2D eigenvalue weighted by molar-refractivity contribution is -0.00182. The first-order chi connectivity index (χ1) is 7.28. The van der Waals surface area contributed by atoms with Crippen molar-refractivity contribution in [2.45, 2.75) is 51.7 Å². The Morgan fingerprint density at radius 2 is 1.94 bits per heavy atom. The molecule has 0 bridgehead atoms. The largest absolute Gasteiger partial charge is 0.360 e. The van der Waals surface area contributed by atoms with Crippen LogP contribution in [0.15, 0.2) is 5.10 Å². The highest BCUT2D eigenvalue weighted by Gasteiger charge is 2.18. The van der Waals surface area contributed by atoms with E-state index < -0.39 is 14.2 Å². The lowest BCUT2D eigenvalue weighted by Crippen LogP contribution is -2.36. The predicted octanol–water partition coefficient (Wildman–Crippen LogP) is 2.96. The molecular weight excluding hydrogens is 223 g/mol. The monoisotopic (exact) mass is 248 g/mol. The van der Waals surface area contributed by atoms with Crippen molar-refractivity contribution in [2.24, 2.45) is 5.10 Å². The van der Waals surface area contributed by atoms with E-state index in [9.17, 15) is 4.39 Å². The Bertz CT molecular complexity index is 207. The zero-order valence-electron chi connectivity index (χ0n) is 11.2. The van der Waals surface area contributed by atoms with Gasteiger partial charge in [-0.05, 0) is 19.9 Å². The number of hydrogen-bond donors (Lipinski definition) is 0. The zero-order valence-corrected chi connectivity index (χ0v) is 12.2. The predicted molar refractivity (Wildman–Crippen MR) is 70.4 cm³/mol. The van der Waals surface area contributed by atoms with Crippen molar-refractivity contribution < 1.29 is 9.13 Å². The highest BCUT2D eigenvalue weighted by Crippen LogP contribution is 2.10. The van der Waals surface area contributed by atoms with Crippen LogP contribution in [-0.2, 0) is 4.74 Å². The van der Waals surface area contributed by atoms with Crippen molar-refractivity contribution >= 4 is 14.8 Å². The fraction of sp³-hybridized carbons (Fsp3) is 0.909.